The number of ether oxygens (including phenoxy) is 1. The summed E-state index contributed by atoms with van der Waals surface area (Å²) in [6, 6.07) is 5.13. The van der Waals surface area contributed by atoms with Crippen molar-refractivity contribution in [2.75, 3.05) is 0 Å². The van der Waals surface area contributed by atoms with Crippen LogP contribution in [-0.2, 0) is 14.3 Å². The highest BCUT2D eigenvalue weighted by molar-refractivity contribution is 9.10. The summed E-state index contributed by atoms with van der Waals surface area (Å²) in [5.41, 5.74) is 0.738. The molecule has 0 amide bonds. The molecule has 1 fully saturated rings. The van der Waals surface area contributed by atoms with Crippen LogP contribution in [0.3, 0.4) is 0 Å². The van der Waals surface area contributed by atoms with Crippen LogP contribution >= 0.6 is 27.5 Å². The van der Waals surface area contributed by atoms with Crippen molar-refractivity contribution in [1.29, 1.82) is 0 Å². The Balaban J connectivity index is 2.34. The Morgan fingerprint density at radius 3 is 2.67 bits per heavy atom. The van der Waals surface area contributed by atoms with Crippen molar-refractivity contribution in [2.45, 2.75) is 12.3 Å². The molecule has 5 heteroatoms. The van der Waals surface area contributed by atoms with Crippen molar-refractivity contribution < 1.29 is 14.3 Å². The van der Waals surface area contributed by atoms with E-state index < -0.39 is 17.9 Å². The molecule has 0 N–H and O–H groups in total. The average molecular weight is 290 g/mol. The van der Waals surface area contributed by atoms with Gasteiger partial charge in [-0.15, -0.1) is 0 Å². The topological polar surface area (TPSA) is 43.4 Å². The third kappa shape index (κ3) is 2.06. The lowest BCUT2D eigenvalue weighted by molar-refractivity contribution is -0.152. The summed E-state index contributed by atoms with van der Waals surface area (Å²) < 4.78 is 5.17. The Morgan fingerprint density at radius 1 is 1.40 bits per heavy atom. The van der Waals surface area contributed by atoms with Gasteiger partial charge < -0.3 is 4.74 Å². The average Bonchev–Trinajstić information content (AvgIpc) is 2.50. The Labute approximate surface area is 99.5 Å². The molecule has 2 rings (SSSR count). The normalized spacial score (nSPS) is 20.5. The van der Waals surface area contributed by atoms with Crippen LogP contribution in [0.5, 0.6) is 0 Å². The SMILES string of the molecule is O=C1CC(c2ccc(Cl)c(Br)c2)C(=O)O1. The molecule has 0 saturated carbocycles. The number of carbonyl (C=O) groups excluding carboxylic acids is 2. The molecule has 1 aromatic carbocycles. The van der Waals surface area contributed by atoms with Gasteiger partial charge in [0.2, 0.25) is 0 Å². The molecule has 1 aliphatic heterocycles. The molecule has 0 spiro atoms. The highest BCUT2D eigenvalue weighted by Crippen LogP contribution is 2.31. The van der Waals surface area contributed by atoms with Crippen LogP contribution < -0.4 is 0 Å². The predicted octanol–water partition coefficient (Wildman–Crippen LogP) is 2.66. The number of hydrogen-bond acceptors (Lipinski definition) is 3. The summed E-state index contributed by atoms with van der Waals surface area (Å²) in [5, 5.41) is 0.566. The summed E-state index contributed by atoms with van der Waals surface area (Å²) in [6.07, 6.45) is 0.104. The van der Waals surface area contributed by atoms with Crippen LogP contribution in [0.4, 0.5) is 0 Å². The third-order valence-corrected chi connectivity index (χ3v) is 3.43. The minimum Gasteiger partial charge on any atom is -0.393 e. The minimum absolute atomic E-state index is 0.104. The van der Waals surface area contributed by atoms with Gasteiger partial charge in [-0.1, -0.05) is 17.7 Å². The third-order valence-electron chi connectivity index (χ3n) is 2.22. The van der Waals surface area contributed by atoms with Gasteiger partial charge in [-0.05, 0) is 33.6 Å². The smallest absolute Gasteiger partial charge is 0.321 e. The predicted molar refractivity (Wildman–Crippen MR) is 57.6 cm³/mol. The number of halogens is 2. The van der Waals surface area contributed by atoms with Gasteiger partial charge in [0.05, 0.1) is 17.4 Å². The number of esters is 2. The lowest BCUT2D eigenvalue weighted by Crippen LogP contribution is -2.05. The summed E-state index contributed by atoms with van der Waals surface area (Å²) >= 11 is 9.08. The Hall–Kier alpha value is -0.870. The maximum Gasteiger partial charge on any atom is 0.321 e. The second-order valence-electron chi connectivity index (χ2n) is 3.22. The van der Waals surface area contributed by atoms with Crippen LogP contribution in [0.25, 0.3) is 0 Å². The number of carbonyl (C=O) groups is 2. The fourth-order valence-corrected chi connectivity index (χ4v) is 1.97. The molecule has 1 atom stereocenters. The molecule has 0 radical (unpaired) electrons. The number of cyclic esters (lactones) is 2. The number of benzene rings is 1. The van der Waals surface area contributed by atoms with Gasteiger partial charge in [0.15, 0.2) is 0 Å². The zero-order chi connectivity index (χ0) is 11.0. The maximum absolute atomic E-state index is 11.3. The van der Waals surface area contributed by atoms with Gasteiger partial charge in [-0.25, -0.2) is 0 Å². The first-order valence-electron chi connectivity index (χ1n) is 4.27. The molecule has 1 unspecified atom stereocenters. The number of hydrogen-bond donors (Lipinski definition) is 0. The lowest BCUT2D eigenvalue weighted by Gasteiger charge is -2.05. The summed E-state index contributed by atoms with van der Waals surface area (Å²) in [5.74, 6) is -1.46. The van der Waals surface area contributed by atoms with E-state index in [4.69, 9.17) is 11.6 Å². The van der Waals surface area contributed by atoms with Gasteiger partial charge in [0, 0.05) is 4.47 Å². The lowest BCUT2D eigenvalue weighted by atomic mass is 9.98. The van der Waals surface area contributed by atoms with E-state index in [1.54, 1.807) is 18.2 Å². The van der Waals surface area contributed by atoms with E-state index in [2.05, 4.69) is 20.7 Å². The Kier molecular flexibility index (Phi) is 2.80. The van der Waals surface area contributed by atoms with E-state index in [0.717, 1.165) is 5.56 Å². The second kappa shape index (κ2) is 3.94. The van der Waals surface area contributed by atoms with E-state index in [9.17, 15) is 9.59 Å². The van der Waals surface area contributed by atoms with Crippen molar-refractivity contribution >= 4 is 39.5 Å². The largest absolute Gasteiger partial charge is 0.393 e. The maximum atomic E-state index is 11.3. The first-order valence-corrected chi connectivity index (χ1v) is 5.44. The first kappa shape index (κ1) is 10.6. The van der Waals surface area contributed by atoms with Crippen LogP contribution in [0.1, 0.15) is 17.9 Å². The Bertz CT molecular complexity index is 444. The van der Waals surface area contributed by atoms with Gasteiger partial charge in [-0.2, -0.15) is 0 Å². The zero-order valence-corrected chi connectivity index (χ0v) is 9.84. The van der Waals surface area contributed by atoms with Gasteiger partial charge >= 0.3 is 11.9 Å². The molecular weight excluding hydrogens is 283 g/mol. The molecule has 1 saturated heterocycles. The molecule has 0 aliphatic carbocycles. The zero-order valence-electron chi connectivity index (χ0n) is 7.50. The molecule has 1 aromatic rings. The van der Waals surface area contributed by atoms with Gasteiger partial charge in [0.1, 0.15) is 0 Å². The van der Waals surface area contributed by atoms with Gasteiger partial charge in [0.25, 0.3) is 0 Å². The van der Waals surface area contributed by atoms with E-state index in [1.165, 1.54) is 0 Å². The fourth-order valence-electron chi connectivity index (χ4n) is 1.46. The summed E-state index contributed by atoms with van der Waals surface area (Å²) in [4.78, 5) is 22.2. The standard InChI is InChI=1S/C10H6BrClO3/c11-7-3-5(1-2-8(7)12)6-4-9(13)15-10(6)14/h1-3,6H,4H2. The molecular formula is C10H6BrClO3. The van der Waals surface area contributed by atoms with Crippen molar-refractivity contribution in [3.63, 3.8) is 0 Å². The van der Waals surface area contributed by atoms with Crippen molar-refractivity contribution in [3.05, 3.63) is 33.3 Å². The van der Waals surface area contributed by atoms with Crippen molar-refractivity contribution in [1.82, 2.24) is 0 Å². The van der Waals surface area contributed by atoms with Crippen LogP contribution in [0.2, 0.25) is 5.02 Å². The monoisotopic (exact) mass is 288 g/mol. The quantitative estimate of drug-likeness (QED) is 0.590. The highest BCUT2D eigenvalue weighted by atomic mass is 79.9. The van der Waals surface area contributed by atoms with Crippen molar-refractivity contribution in [2.24, 2.45) is 0 Å². The van der Waals surface area contributed by atoms with E-state index in [-0.39, 0.29) is 6.42 Å². The second-order valence-corrected chi connectivity index (χ2v) is 4.48. The van der Waals surface area contributed by atoms with E-state index >= 15 is 0 Å². The van der Waals surface area contributed by atoms with Crippen LogP contribution in [0, 0.1) is 0 Å². The molecule has 78 valence electrons. The fraction of sp³-hybridized carbons (Fsp3) is 0.200. The minimum atomic E-state index is -0.494. The molecule has 0 bridgehead atoms. The molecule has 3 nitrogen and oxygen atoms in total. The number of rotatable bonds is 1. The Morgan fingerprint density at radius 2 is 2.13 bits per heavy atom. The molecule has 1 heterocycles. The van der Waals surface area contributed by atoms with E-state index in [1.807, 2.05) is 0 Å². The van der Waals surface area contributed by atoms with E-state index in [0.29, 0.717) is 9.50 Å². The summed E-state index contributed by atoms with van der Waals surface area (Å²) in [6.45, 7) is 0. The van der Waals surface area contributed by atoms with Crippen molar-refractivity contribution in [3.8, 4) is 0 Å². The molecule has 15 heavy (non-hydrogen) atoms. The highest BCUT2D eigenvalue weighted by Gasteiger charge is 2.34. The molecule has 0 aromatic heterocycles. The molecule has 1 aliphatic rings. The first-order chi connectivity index (χ1) is 7.08. The van der Waals surface area contributed by atoms with Crippen LogP contribution in [0.15, 0.2) is 22.7 Å². The van der Waals surface area contributed by atoms with Crippen LogP contribution in [-0.4, -0.2) is 11.9 Å². The summed E-state index contributed by atoms with van der Waals surface area (Å²) in [7, 11) is 0. The van der Waals surface area contributed by atoms with Gasteiger partial charge in [-0.3, -0.25) is 9.59 Å².